The monoisotopic (exact) mass is 294 g/mol. The van der Waals surface area contributed by atoms with Gasteiger partial charge in [0.05, 0.1) is 0 Å². The minimum absolute atomic E-state index is 0.236. The Balaban J connectivity index is 1.98. The minimum Gasteiger partial charge on any atom is -0.347 e. The second-order valence-electron chi connectivity index (χ2n) is 5.06. The fourth-order valence-electron chi connectivity index (χ4n) is 1.75. The summed E-state index contributed by atoms with van der Waals surface area (Å²) in [4.78, 5) is 23.8. The van der Waals surface area contributed by atoms with Gasteiger partial charge in [0, 0.05) is 57.1 Å². The number of amides is 1. The van der Waals surface area contributed by atoms with Gasteiger partial charge in [-0.2, -0.15) is 0 Å². The van der Waals surface area contributed by atoms with Crippen LogP contribution in [-0.4, -0.2) is 41.9 Å². The van der Waals surface area contributed by atoms with Crippen molar-refractivity contribution in [3.63, 3.8) is 0 Å². The normalized spacial score (nSPS) is 9.59. The third-order valence-electron chi connectivity index (χ3n) is 2.95. The molecule has 22 heavy (non-hydrogen) atoms. The molecule has 0 atom stereocenters. The predicted octanol–water partition coefficient (Wildman–Crippen LogP) is 1.55. The third-order valence-corrected chi connectivity index (χ3v) is 2.95. The van der Waals surface area contributed by atoms with Crippen LogP contribution < -0.4 is 4.90 Å². The van der Waals surface area contributed by atoms with Gasteiger partial charge in [0.2, 0.25) is 5.95 Å². The van der Waals surface area contributed by atoms with E-state index in [1.165, 1.54) is 0 Å². The summed E-state index contributed by atoms with van der Waals surface area (Å²) < 4.78 is 0. The largest absolute Gasteiger partial charge is 0.347 e. The van der Waals surface area contributed by atoms with Crippen LogP contribution in [0.25, 0.3) is 0 Å². The van der Waals surface area contributed by atoms with Crippen molar-refractivity contribution in [2.75, 3.05) is 26.0 Å². The number of benzene rings is 1. The molecule has 0 aliphatic rings. The van der Waals surface area contributed by atoms with E-state index in [1.54, 1.807) is 24.3 Å². The van der Waals surface area contributed by atoms with Crippen molar-refractivity contribution in [1.29, 1.82) is 0 Å². The highest BCUT2D eigenvalue weighted by Crippen LogP contribution is 2.05. The van der Waals surface area contributed by atoms with E-state index in [9.17, 15) is 4.79 Å². The van der Waals surface area contributed by atoms with Crippen LogP contribution in [-0.2, 0) is 11.3 Å². The van der Waals surface area contributed by atoms with E-state index < -0.39 is 0 Å². The Morgan fingerprint density at radius 3 is 2.32 bits per heavy atom. The molecule has 2 aromatic rings. The summed E-state index contributed by atoms with van der Waals surface area (Å²) in [5.41, 5.74) is 1.69. The molecule has 0 N–H and O–H groups in total. The molecule has 5 heteroatoms. The van der Waals surface area contributed by atoms with Crippen LogP contribution in [0.1, 0.15) is 11.1 Å². The third kappa shape index (κ3) is 4.32. The minimum atomic E-state index is -0.236. The summed E-state index contributed by atoms with van der Waals surface area (Å²) in [7, 11) is 5.47. The van der Waals surface area contributed by atoms with E-state index >= 15 is 0 Å². The second kappa shape index (κ2) is 7.23. The Morgan fingerprint density at radius 2 is 1.73 bits per heavy atom. The number of anilines is 1. The quantitative estimate of drug-likeness (QED) is 0.806. The molecule has 0 fully saturated rings. The highest BCUT2D eigenvalue weighted by Gasteiger charge is 2.07. The number of carbonyl (C=O) groups excluding carboxylic acids is 1. The van der Waals surface area contributed by atoms with E-state index in [-0.39, 0.29) is 5.91 Å². The lowest BCUT2D eigenvalue weighted by Crippen LogP contribution is -2.25. The van der Waals surface area contributed by atoms with Gasteiger partial charge in [0.1, 0.15) is 0 Å². The lowest BCUT2D eigenvalue weighted by molar-refractivity contribution is -0.124. The molecule has 1 amide bonds. The van der Waals surface area contributed by atoms with Gasteiger partial charge >= 0.3 is 0 Å². The molecule has 0 bridgehead atoms. The summed E-state index contributed by atoms with van der Waals surface area (Å²) in [5, 5.41) is 0. The molecule has 0 aliphatic heterocycles. The molecule has 0 unspecified atom stereocenters. The van der Waals surface area contributed by atoms with Crippen LogP contribution in [0.4, 0.5) is 5.95 Å². The zero-order valence-electron chi connectivity index (χ0n) is 12.9. The lowest BCUT2D eigenvalue weighted by atomic mass is 10.2. The Morgan fingerprint density at radius 1 is 1.09 bits per heavy atom. The topological polar surface area (TPSA) is 49.3 Å². The zero-order valence-corrected chi connectivity index (χ0v) is 12.9. The molecule has 1 aromatic carbocycles. The Labute approximate surface area is 130 Å². The summed E-state index contributed by atoms with van der Waals surface area (Å²) in [6.45, 7) is 0.427. The van der Waals surface area contributed by atoms with Crippen LogP contribution in [0.2, 0.25) is 0 Å². The maximum atomic E-state index is 12.0. The molecule has 0 spiro atoms. The molecule has 2 rings (SSSR count). The van der Waals surface area contributed by atoms with Crippen molar-refractivity contribution < 1.29 is 4.79 Å². The molecule has 1 heterocycles. The molecule has 0 radical (unpaired) electrons. The molecule has 0 saturated heterocycles. The van der Waals surface area contributed by atoms with Crippen LogP contribution in [0, 0.1) is 11.8 Å². The van der Waals surface area contributed by atoms with Gasteiger partial charge in [-0.05, 0) is 12.1 Å². The fourth-order valence-corrected chi connectivity index (χ4v) is 1.75. The molecular weight excluding hydrogens is 276 g/mol. The summed E-state index contributed by atoms with van der Waals surface area (Å²) in [5.74, 6) is 5.90. The number of hydrogen-bond acceptors (Lipinski definition) is 4. The van der Waals surface area contributed by atoms with Gasteiger partial charge in [0.15, 0.2) is 0 Å². The first-order valence-corrected chi connectivity index (χ1v) is 6.86. The van der Waals surface area contributed by atoms with Crippen LogP contribution in [0.5, 0.6) is 0 Å². The molecule has 0 saturated carbocycles. The van der Waals surface area contributed by atoms with Crippen molar-refractivity contribution in [1.82, 2.24) is 14.9 Å². The second-order valence-corrected chi connectivity index (χ2v) is 5.06. The lowest BCUT2D eigenvalue weighted by Gasteiger charge is -2.14. The fraction of sp³-hybridized carbons (Fsp3) is 0.235. The molecule has 0 aliphatic carbocycles. The van der Waals surface area contributed by atoms with E-state index in [0.29, 0.717) is 12.5 Å². The van der Waals surface area contributed by atoms with Crippen LogP contribution in [0.3, 0.4) is 0 Å². The van der Waals surface area contributed by atoms with Gasteiger partial charge in [-0.3, -0.25) is 4.79 Å². The number of carbonyl (C=O) groups is 1. The molecule has 112 valence electrons. The first-order valence-electron chi connectivity index (χ1n) is 6.86. The summed E-state index contributed by atoms with van der Waals surface area (Å²) >= 11 is 0. The maximum Gasteiger partial charge on any atom is 0.298 e. The number of nitrogens with zero attached hydrogens (tertiary/aromatic N) is 4. The average molecular weight is 294 g/mol. The van der Waals surface area contributed by atoms with Crippen molar-refractivity contribution in [2.24, 2.45) is 0 Å². The predicted molar refractivity (Wildman–Crippen MR) is 86.2 cm³/mol. The van der Waals surface area contributed by atoms with Crippen molar-refractivity contribution in [2.45, 2.75) is 6.54 Å². The van der Waals surface area contributed by atoms with Crippen LogP contribution >= 0.6 is 0 Å². The zero-order chi connectivity index (χ0) is 15.9. The van der Waals surface area contributed by atoms with Gasteiger partial charge in [-0.15, -0.1) is 0 Å². The maximum absolute atomic E-state index is 12.0. The van der Waals surface area contributed by atoms with Gasteiger partial charge < -0.3 is 9.80 Å². The first-order chi connectivity index (χ1) is 10.6. The smallest absolute Gasteiger partial charge is 0.298 e. The van der Waals surface area contributed by atoms with Gasteiger partial charge in [-0.25, -0.2) is 9.97 Å². The molecule has 1 aromatic heterocycles. The average Bonchev–Trinajstić information content (AvgIpc) is 2.54. The number of aromatic nitrogens is 2. The van der Waals surface area contributed by atoms with E-state index in [1.807, 2.05) is 49.3 Å². The van der Waals surface area contributed by atoms with Crippen LogP contribution in [0.15, 0.2) is 42.7 Å². The number of hydrogen-bond donors (Lipinski definition) is 0. The van der Waals surface area contributed by atoms with E-state index in [2.05, 4.69) is 21.8 Å². The highest BCUT2D eigenvalue weighted by atomic mass is 16.2. The standard InChI is InChI=1S/C17H18N4O/c1-20(2)17-18-11-15(12-19-17)13-21(3)16(22)10-9-14-7-5-4-6-8-14/h4-8,11-12H,13H2,1-3H3. The summed E-state index contributed by atoms with van der Waals surface area (Å²) in [6, 6.07) is 9.43. The first kappa shape index (κ1) is 15.5. The van der Waals surface area contributed by atoms with Crippen molar-refractivity contribution >= 4 is 11.9 Å². The van der Waals surface area contributed by atoms with Gasteiger partial charge in [-0.1, -0.05) is 24.1 Å². The van der Waals surface area contributed by atoms with E-state index in [4.69, 9.17) is 0 Å². The Hall–Kier alpha value is -2.87. The van der Waals surface area contributed by atoms with Gasteiger partial charge in [0.25, 0.3) is 5.91 Å². The van der Waals surface area contributed by atoms with Crippen molar-refractivity contribution in [3.05, 3.63) is 53.9 Å². The van der Waals surface area contributed by atoms with E-state index in [0.717, 1.165) is 11.1 Å². The summed E-state index contributed by atoms with van der Waals surface area (Å²) in [6.07, 6.45) is 3.44. The molecular formula is C17H18N4O. The SMILES string of the molecule is CN(Cc1cnc(N(C)C)nc1)C(=O)C#Cc1ccccc1. The Kier molecular flexibility index (Phi) is 5.10. The molecule has 5 nitrogen and oxygen atoms in total. The number of rotatable bonds is 3. The van der Waals surface area contributed by atoms with Crippen molar-refractivity contribution in [3.8, 4) is 11.8 Å². The highest BCUT2D eigenvalue weighted by molar-refractivity contribution is 5.93. The Bertz CT molecular complexity index is 684.